The van der Waals surface area contributed by atoms with E-state index in [9.17, 15) is 4.79 Å². The standard InChI is InChI=1S/C27H36N2O2/c1-5-6-10-23(24-14-16-26(31-4)17-15-24)11-8-13-27(30)29-22(3)9-7-12-25-20-28-19-18-21(25)2/h8,11,13-20,22H,5-7,9-10,12H2,1-4H3,(H,29,30)/b13-8+,23-11+/t22-/m1/s1. The Bertz CT molecular complexity index is 869. The maximum atomic E-state index is 12.3. The van der Waals surface area contributed by atoms with Crippen LogP contribution in [-0.2, 0) is 11.2 Å². The van der Waals surface area contributed by atoms with Gasteiger partial charge in [0.1, 0.15) is 5.75 Å². The molecule has 2 rings (SSSR count). The van der Waals surface area contributed by atoms with Crippen LogP contribution in [0.2, 0.25) is 0 Å². The number of hydrogen-bond acceptors (Lipinski definition) is 3. The second kappa shape index (κ2) is 13.4. The first-order valence-corrected chi connectivity index (χ1v) is 11.2. The van der Waals surface area contributed by atoms with Gasteiger partial charge in [0.15, 0.2) is 0 Å². The van der Waals surface area contributed by atoms with Crippen LogP contribution in [0.3, 0.4) is 0 Å². The number of aryl methyl sites for hydroxylation is 2. The van der Waals surface area contributed by atoms with Gasteiger partial charge in [-0.05, 0) is 86.4 Å². The number of methoxy groups -OCH3 is 1. The van der Waals surface area contributed by atoms with Gasteiger partial charge in [0.2, 0.25) is 5.91 Å². The molecule has 0 bridgehead atoms. The van der Waals surface area contributed by atoms with E-state index in [1.807, 2.05) is 42.7 Å². The van der Waals surface area contributed by atoms with Crippen molar-refractivity contribution in [1.82, 2.24) is 10.3 Å². The van der Waals surface area contributed by atoms with Crippen LogP contribution in [0, 0.1) is 6.92 Å². The number of amides is 1. The molecule has 0 radical (unpaired) electrons. The second-order valence-electron chi connectivity index (χ2n) is 7.99. The lowest BCUT2D eigenvalue weighted by Crippen LogP contribution is -2.31. The molecule has 0 saturated heterocycles. The summed E-state index contributed by atoms with van der Waals surface area (Å²) < 4.78 is 5.25. The molecule has 1 amide bonds. The summed E-state index contributed by atoms with van der Waals surface area (Å²) in [4.78, 5) is 16.5. The fourth-order valence-corrected chi connectivity index (χ4v) is 3.47. The lowest BCUT2D eigenvalue weighted by molar-refractivity contribution is -0.117. The third-order valence-corrected chi connectivity index (χ3v) is 5.42. The summed E-state index contributed by atoms with van der Waals surface area (Å²) in [5, 5.41) is 3.07. The minimum absolute atomic E-state index is 0.0501. The van der Waals surface area contributed by atoms with Crippen molar-refractivity contribution in [2.45, 2.75) is 65.3 Å². The van der Waals surface area contributed by atoms with Crippen LogP contribution in [0.4, 0.5) is 0 Å². The van der Waals surface area contributed by atoms with Crippen molar-refractivity contribution in [3.05, 3.63) is 77.6 Å². The first kappa shape index (κ1) is 24.4. The summed E-state index contributed by atoms with van der Waals surface area (Å²) in [5.41, 5.74) is 4.95. The number of carbonyl (C=O) groups is 1. The van der Waals surface area contributed by atoms with E-state index in [2.05, 4.69) is 43.2 Å². The zero-order valence-corrected chi connectivity index (χ0v) is 19.4. The lowest BCUT2D eigenvalue weighted by Gasteiger charge is -2.12. The van der Waals surface area contributed by atoms with Gasteiger partial charge in [0, 0.05) is 24.5 Å². The monoisotopic (exact) mass is 420 g/mol. The maximum absolute atomic E-state index is 12.3. The van der Waals surface area contributed by atoms with Gasteiger partial charge in [-0.2, -0.15) is 0 Å². The van der Waals surface area contributed by atoms with Gasteiger partial charge in [-0.3, -0.25) is 9.78 Å². The Morgan fingerprint density at radius 3 is 2.65 bits per heavy atom. The Balaban J connectivity index is 1.86. The molecule has 0 aliphatic rings. The molecule has 1 aromatic carbocycles. The van der Waals surface area contributed by atoms with E-state index in [-0.39, 0.29) is 11.9 Å². The fraction of sp³-hybridized carbons (Fsp3) is 0.407. The summed E-state index contributed by atoms with van der Waals surface area (Å²) in [6.07, 6.45) is 15.5. The first-order chi connectivity index (χ1) is 15.0. The molecular formula is C27H36N2O2. The van der Waals surface area contributed by atoms with Crippen LogP contribution in [-0.4, -0.2) is 24.0 Å². The Kier molecular flexibility index (Phi) is 10.6. The number of nitrogens with zero attached hydrogens (tertiary/aromatic N) is 1. The Morgan fingerprint density at radius 2 is 1.97 bits per heavy atom. The molecule has 2 aromatic rings. The van der Waals surface area contributed by atoms with Crippen LogP contribution in [0.25, 0.3) is 5.57 Å². The molecule has 4 nitrogen and oxygen atoms in total. The molecule has 1 N–H and O–H groups in total. The summed E-state index contributed by atoms with van der Waals surface area (Å²) in [7, 11) is 1.67. The number of hydrogen-bond donors (Lipinski definition) is 1. The van der Waals surface area contributed by atoms with Gasteiger partial charge in [0.05, 0.1) is 7.11 Å². The fourth-order valence-electron chi connectivity index (χ4n) is 3.47. The van der Waals surface area contributed by atoms with E-state index in [1.165, 1.54) is 22.3 Å². The Hall–Kier alpha value is -2.88. The number of ether oxygens (including phenoxy) is 1. The van der Waals surface area contributed by atoms with Gasteiger partial charge in [-0.1, -0.05) is 37.6 Å². The minimum Gasteiger partial charge on any atom is -0.497 e. The van der Waals surface area contributed by atoms with Crippen LogP contribution >= 0.6 is 0 Å². The van der Waals surface area contributed by atoms with E-state index in [1.54, 1.807) is 13.2 Å². The molecule has 31 heavy (non-hydrogen) atoms. The summed E-state index contributed by atoms with van der Waals surface area (Å²) in [6, 6.07) is 10.3. The van der Waals surface area contributed by atoms with Gasteiger partial charge >= 0.3 is 0 Å². The number of nitrogens with one attached hydrogen (secondary N) is 1. The molecular weight excluding hydrogens is 384 g/mol. The quantitative estimate of drug-likeness (QED) is 0.336. The predicted octanol–water partition coefficient (Wildman–Crippen LogP) is 6.06. The van der Waals surface area contributed by atoms with Crippen molar-refractivity contribution in [1.29, 1.82) is 0 Å². The van der Waals surface area contributed by atoms with Crippen molar-refractivity contribution >= 4 is 11.5 Å². The van der Waals surface area contributed by atoms with Gasteiger partial charge < -0.3 is 10.1 Å². The normalized spacial score (nSPS) is 12.7. The van der Waals surface area contributed by atoms with E-state index >= 15 is 0 Å². The van der Waals surface area contributed by atoms with Gasteiger partial charge in [-0.25, -0.2) is 0 Å². The number of aromatic nitrogens is 1. The molecule has 1 atom stereocenters. The van der Waals surface area contributed by atoms with E-state index in [0.717, 1.165) is 44.3 Å². The Morgan fingerprint density at radius 1 is 1.19 bits per heavy atom. The average Bonchev–Trinajstić information content (AvgIpc) is 2.77. The molecule has 1 aromatic heterocycles. The third kappa shape index (κ3) is 8.79. The van der Waals surface area contributed by atoms with Crippen molar-refractivity contribution in [2.75, 3.05) is 7.11 Å². The molecule has 166 valence electrons. The van der Waals surface area contributed by atoms with Crippen molar-refractivity contribution in [3.63, 3.8) is 0 Å². The molecule has 0 unspecified atom stereocenters. The highest BCUT2D eigenvalue weighted by molar-refractivity contribution is 5.88. The number of benzene rings is 1. The zero-order chi connectivity index (χ0) is 22.5. The first-order valence-electron chi connectivity index (χ1n) is 11.2. The van der Waals surface area contributed by atoms with Crippen molar-refractivity contribution in [2.24, 2.45) is 0 Å². The smallest absolute Gasteiger partial charge is 0.244 e. The molecule has 0 saturated carbocycles. The summed E-state index contributed by atoms with van der Waals surface area (Å²) in [6.45, 7) is 6.36. The molecule has 1 heterocycles. The highest BCUT2D eigenvalue weighted by Crippen LogP contribution is 2.23. The summed E-state index contributed by atoms with van der Waals surface area (Å²) >= 11 is 0. The number of carbonyl (C=O) groups excluding carboxylic acids is 1. The number of rotatable bonds is 12. The van der Waals surface area contributed by atoms with Gasteiger partial charge in [0.25, 0.3) is 0 Å². The molecule has 0 spiro atoms. The SMILES string of the molecule is CCCC/C(=C\C=C\C(=O)N[C@H](C)CCCc1cnccc1C)c1ccc(OC)cc1. The maximum Gasteiger partial charge on any atom is 0.244 e. The van der Waals surface area contributed by atoms with Gasteiger partial charge in [-0.15, -0.1) is 0 Å². The topological polar surface area (TPSA) is 51.2 Å². The average molecular weight is 421 g/mol. The number of unbranched alkanes of at least 4 members (excludes halogenated alkanes) is 1. The van der Waals surface area contributed by atoms with Crippen LogP contribution in [0.15, 0.2) is 61.0 Å². The van der Waals surface area contributed by atoms with Crippen molar-refractivity contribution in [3.8, 4) is 5.75 Å². The lowest BCUT2D eigenvalue weighted by atomic mass is 9.99. The zero-order valence-electron chi connectivity index (χ0n) is 19.4. The molecule has 0 aliphatic heterocycles. The largest absolute Gasteiger partial charge is 0.497 e. The highest BCUT2D eigenvalue weighted by atomic mass is 16.5. The van der Waals surface area contributed by atoms with E-state index in [0.29, 0.717) is 0 Å². The van der Waals surface area contributed by atoms with E-state index < -0.39 is 0 Å². The third-order valence-electron chi connectivity index (χ3n) is 5.42. The number of allylic oxidation sites excluding steroid dienone is 3. The van der Waals surface area contributed by atoms with Crippen LogP contribution in [0.1, 0.15) is 62.6 Å². The molecule has 0 aliphatic carbocycles. The second-order valence-corrected chi connectivity index (χ2v) is 7.99. The molecule has 0 fully saturated rings. The highest BCUT2D eigenvalue weighted by Gasteiger charge is 2.06. The van der Waals surface area contributed by atoms with Crippen molar-refractivity contribution < 1.29 is 9.53 Å². The van der Waals surface area contributed by atoms with Crippen LogP contribution < -0.4 is 10.1 Å². The number of pyridine rings is 1. The minimum atomic E-state index is -0.0501. The Labute approximate surface area is 187 Å². The summed E-state index contributed by atoms with van der Waals surface area (Å²) in [5.74, 6) is 0.798. The predicted molar refractivity (Wildman–Crippen MR) is 129 cm³/mol. The van der Waals surface area contributed by atoms with Crippen LogP contribution in [0.5, 0.6) is 5.75 Å². The van der Waals surface area contributed by atoms with E-state index in [4.69, 9.17) is 4.74 Å². The molecule has 4 heteroatoms.